The van der Waals surface area contributed by atoms with Gasteiger partial charge < -0.3 is 4.52 Å². The number of hydrogen-bond donors (Lipinski definition) is 0. The zero-order valence-corrected chi connectivity index (χ0v) is 9.02. The van der Waals surface area contributed by atoms with Crippen LogP contribution < -0.4 is 0 Å². The van der Waals surface area contributed by atoms with Crippen LogP contribution in [0.4, 0.5) is 0 Å². The van der Waals surface area contributed by atoms with Crippen molar-refractivity contribution in [3.63, 3.8) is 0 Å². The maximum atomic E-state index is 8.37. The maximum absolute atomic E-state index is 8.37. The van der Waals surface area contributed by atoms with Gasteiger partial charge in [0.2, 0.25) is 11.7 Å². The van der Waals surface area contributed by atoms with Gasteiger partial charge in [-0.25, -0.2) is 4.98 Å². The van der Waals surface area contributed by atoms with Crippen LogP contribution in [0.1, 0.15) is 5.89 Å². The van der Waals surface area contributed by atoms with Gasteiger partial charge in [-0.15, -0.1) is 11.8 Å². The van der Waals surface area contributed by atoms with Gasteiger partial charge in [0.25, 0.3) is 0 Å². The number of nitrogens with zero attached hydrogens (tertiary/aromatic N) is 5. The molecule has 0 spiro atoms. The highest BCUT2D eigenvalue weighted by molar-refractivity contribution is 7.98. The highest BCUT2D eigenvalue weighted by Crippen LogP contribution is 2.14. The van der Waals surface area contributed by atoms with Gasteiger partial charge in [-0.2, -0.15) is 10.2 Å². The van der Waals surface area contributed by atoms with Gasteiger partial charge in [0.05, 0.1) is 23.8 Å². The van der Waals surface area contributed by atoms with E-state index in [1.165, 1.54) is 11.8 Å². The molecule has 0 fully saturated rings. The molecule has 0 saturated heterocycles. The van der Waals surface area contributed by atoms with Crippen molar-refractivity contribution in [1.29, 1.82) is 5.26 Å². The van der Waals surface area contributed by atoms with Crippen LogP contribution in [0.2, 0.25) is 0 Å². The smallest absolute Gasteiger partial charge is 0.237 e. The summed E-state index contributed by atoms with van der Waals surface area (Å²) in [5, 5.41) is 12.2. The Labute approximate surface area is 95.7 Å². The monoisotopic (exact) mass is 233 g/mol. The second-order valence-electron chi connectivity index (χ2n) is 2.75. The van der Waals surface area contributed by atoms with E-state index in [9.17, 15) is 0 Å². The minimum Gasteiger partial charge on any atom is -0.338 e. The van der Waals surface area contributed by atoms with Crippen molar-refractivity contribution in [2.24, 2.45) is 0 Å². The van der Waals surface area contributed by atoms with Gasteiger partial charge in [0.15, 0.2) is 0 Å². The summed E-state index contributed by atoms with van der Waals surface area (Å²) < 4.78 is 5.01. The van der Waals surface area contributed by atoms with Crippen LogP contribution in [0, 0.1) is 11.3 Å². The number of rotatable bonds is 4. The topological polar surface area (TPSA) is 88.5 Å². The van der Waals surface area contributed by atoms with Gasteiger partial charge in [-0.1, -0.05) is 5.16 Å². The zero-order chi connectivity index (χ0) is 11.2. The SMILES string of the molecule is N#CCSCc1nc(-c2cnccn2)no1. The fraction of sp³-hybridized carbons (Fsp3) is 0.222. The molecule has 7 heteroatoms. The van der Waals surface area contributed by atoms with Crippen molar-refractivity contribution < 1.29 is 4.52 Å². The van der Waals surface area contributed by atoms with Crippen molar-refractivity contribution in [3.8, 4) is 17.6 Å². The molecule has 0 aliphatic carbocycles. The van der Waals surface area contributed by atoms with Gasteiger partial charge in [0, 0.05) is 12.4 Å². The summed E-state index contributed by atoms with van der Waals surface area (Å²) in [5.41, 5.74) is 0.572. The molecule has 0 unspecified atom stereocenters. The first-order valence-electron chi connectivity index (χ1n) is 4.44. The van der Waals surface area contributed by atoms with Crippen molar-refractivity contribution in [1.82, 2.24) is 20.1 Å². The predicted molar refractivity (Wildman–Crippen MR) is 57.1 cm³/mol. The number of hydrogen-bond acceptors (Lipinski definition) is 7. The van der Waals surface area contributed by atoms with E-state index in [2.05, 4.69) is 20.1 Å². The molecule has 0 saturated carbocycles. The molecule has 2 heterocycles. The highest BCUT2D eigenvalue weighted by Gasteiger charge is 2.09. The minimum absolute atomic E-state index is 0.406. The Hall–Kier alpha value is -1.94. The second kappa shape index (κ2) is 5.23. The Bertz CT molecular complexity index is 492. The van der Waals surface area contributed by atoms with Crippen LogP contribution in [-0.2, 0) is 5.75 Å². The minimum atomic E-state index is 0.406. The first-order valence-corrected chi connectivity index (χ1v) is 5.59. The average molecular weight is 233 g/mol. The molecule has 0 aliphatic heterocycles. The third-order valence-electron chi connectivity index (χ3n) is 1.65. The Kier molecular flexibility index (Phi) is 3.46. The maximum Gasteiger partial charge on any atom is 0.237 e. The lowest BCUT2D eigenvalue weighted by atomic mass is 10.4. The highest BCUT2D eigenvalue weighted by atomic mass is 32.2. The van der Waals surface area contributed by atoms with Gasteiger partial charge >= 0.3 is 0 Å². The average Bonchev–Trinajstić information content (AvgIpc) is 2.79. The van der Waals surface area contributed by atoms with Crippen LogP contribution in [0.25, 0.3) is 11.5 Å². The predicted octanol–water partition coefficient (Wildman–Crippen LogP) is 1.28. The first-order chi connectivity index (χ1) is 7.90. The lowest BCUT2D eigenvalue weighted by Gasteiger charge is -1.89. The molecule has 2 aromatic rings. The van der Waals surface area contributed by atoms with E-state index < -0.39 is 0 Å². The number of nitriles is 1. The molecule has 0 bridgehead atoms. The standard InChI is InChI=1S/C9H7N5OS/c10-1-4-16-6-8-13-9(14-15-8)7-5-11-2-3-12-7/h2-3,5H,4,6H2. The van der Waals surface area contributed by atoms with Crippen LogP contribution in [0.15, 0.2) is 23.1 Å². The van der Waals surface area contributed by atoms with E-state index in [1.54, 1.807) is 18.6 Å². The lowest BCUT2D eigenvalue weighted by Crippen LogP contribution is -1.87. The lowest BCUT2D eigenvalue weighted by molar-refractivity contribution is 0.391. The third kappa shape index (κ3) is 2.55. The first kappa shape index (κ1) is 10.6. The molecule has 80 valence electrons. The molecule has 0 aromatic carbocycles. The summed E-state index contributed by atoms with van der Waals surface area (Å²) in [4.78, 5) is 12.1. The number of aromatic nitrogens is 4. The quantitative estimate of drug-likeness (QED) is 0.735. The molecular weight excluding hydrogens is 226 g/mol. The molecular formula is C9H7N5OS. The molecule has 6 nitrogen and oxygen atoms in total. The molecule has 0 amide bonds. The van der Waals surface area contributed by atoms with Crippen molar-refractivity contribution in [3.05, 3.63) is 24.5 Å². The fourth-order valence-electron chi connectivity index (χ4n) is 1.02. The van der Waals surface area contributed by atoms with Gasteiger partial charge in [-0.05, 0) is 0 Å². The molecule has 0 atom stereocenters. The molecule has 0 aliphatic rings. The van der Waals surface area contributed by atoms with Crippen molar-refractivity contribution >= 4 is 11.8 Å². The van der Waals surface area contributed by atoms with Crippen LogP contribution >= 0.6 is 11.8 Å². The van der Waals surface area contributed by atoms with E-state index in [4.69, 9.17) is 9.78 Å². The van der Waals surface area contributed by atoms with Gasteiger partial charge in [-0.3, -0.25) is 4.98 Å². The zero-order valence-electron chi connectivity index (χ0n) is 8.20. The second-order valence-corrected chi connectivity index (χ2v) is 3.74. The summed E-state index contributed by atoms with van der Waals surface area (Å²) in [6.45, 7) is 0. The Morgan fingerprint density at radius 2 is 2.38 bits per heavy atom. The van der Waals surface area contributed by atoms with E-state index >= 15 is 0 Å². The third-order valence-corrected chi connectivity index (χ3v) is 2.44. The molecule has 0 N–H and O–H groups in total. The Balaban J connectivity index is 2.06. The van der Waals surface area contributed by atoms with E-state index in [0.717, 1.165) is 0 Å². The molecule has 2 aromatic heterocycles. The fourth-order valence-corrected chi connectivity index (χ4v) is 1.50. The van der Waals surface area contributed by atoms with Crippen LogP contribution in [0.5, 0.6) is 0 Å². The van der Waals surface area contributed by atoms with Crippen molar-refractivity contribution in [2.45, 2.75) is 5.75 Å². The van der Waals surface area contributed by atoms with Crippen LogP contribution in [-0.4, -0.2) is 25.9 Å². The van der Waals surface area contributed by atoms with Crippen LogP contribution in [0.3, 0.4) is 0 Å². The Morgan fingerprint density at radius 1 is 1.44 bits per heavy atom. The summed E-state index contributed by atoms with van der Waals surface area (Å²) >= 11 is 1.42. The van der Waals surface area contributed by atoms with E-state index in [0.29, 0.717) is 28.9 Å². The van der Waals surface area contributed by atoms with E-state index in [1.807, 2.05) is 6.07 Å². The number of thioether (sulfide) groups is 1. The summed E-state index contributed by atoms with van der Waals surface area (Å²) in [7, 11) is 0. The Morgan fingerprint density at radius 3 is 3.12 bits per heavy atom. The molecule has 0 radical (unpaired) electrons. The summed E-state index contributed by atoms with van der Waals surface area (Å²) in [5.74, 6) is 1.84. The van der Waals surface area contributed by atoms with E-state index in [-0.39, 0.29) is 0 Å². The summed E-state index contributed by atoms with van der Waals surface area (Å²) in [6, 6.07) is 2.03. The largest absolute Gasteiger partial charge is 0.338 e. The van der Waals surface area contributed by atoms with Gasteiger partial charge in [0.1, 0.15) is 5.69 Å². The van der Waals surface area contributed by atoms with Crippen molar-refractivity contribution in [2.75, 3.05) is 5.75 Å². The molecule has 16 heavy (non-hydrogen) atoms. The molecule has 2 rings (SSSR count). The summed E-state index contributed by atoms with van der Waals surface area (Å²) in [6.07, 6.45) is 4.71. The normalized spacial score (nSPS) is 9.94.